The fourth-order valence-electron chi connectivity index (χ4n) is 1.82. The van der Waals surface area contributed by atoms with Gasteiger partial charge < -0.3 is 10.6 Å². The van der Waals surface area contributed by atoms with Crippen molar-refractivity contribution in [3.8, 4) is 11.1 Å². The Labute approximate surface area is 112 Å². The van der Waals surface area contributed by atoms with Crippen LogP contribution in [0.3, 0.4) is 0 Å². The van der Waals surface area contributed by atoms with Crippen molar-refractivity contribution in [1.82, 2.24) is 14.7 Å². The van der Waals surface area contributed by atoms with Gasteiger partial charge in [-0.05, 0) is 6.07 Å². The Kier molecular flexibility index (Phi) is 3.85. The van der Waals surface area contributed by atoms with Crippen molar-refractivity contribution in [1.29, 1.82) is 0 Å². The molecule has 5 heteroatoms. The lowest BCUT2D eigenvalue weighted by atomic mass is 10.1. The van der Waals surface area contributed by atoms with Crippen LogP contribution in [0.4, 0.5) is 5.69 Å². The molecule has 100 valence electrons. The first-order valence-electron chi connectivity index (χ1n) is 6.15. The molecule has 0 radical (unpaired) electrons. The molecule has 2 rings (SSSR count). The minimum Gasteiger partial charge on any atom is -0.398 e. The van der Waals surface area contributed by atoms with Gasteiger partial charge in [-0.25, -0.2) is 0 Å². The van der Waals surface area contributed by atoms with Crippen LogP contribution in [-0.4, -0.2) is 34.7 Å². The first-order chi connectivity index (χ1) is 9.08. The molecule has 2 N–H and O–H groups in total. The van der Waals surface area contributed by atoms with Crippen molar-refractivity contribution in [2.45, 2.75) is 13.0 Å². The van der Waals surface area contributed by atoms with Crippen LogP contribution < -0.4 is 5.73 Å². The Morgan fingerprint density at radius 3 is 2.79 bits per heavy atom. The summed E-state index contributed by atoms with van der Waals surface area (Å²) in [5.74, 6) is 0.0938. The van der Waals surface area contributed by atoms with Gasteiger partial charge >= 0.3 is 0 Å². The molecule has 0 unspecified atom stereocenters. The Bertz CT molecular complexity index is 574. The van der Waals surface area contributed by atoms with Crippen molar-refractivity contribution < 1.29 is 4.79 Å². The van der Waals surface area contributed by atoms with E-state index in [1.807, 2.05) is 30.5 Å². The molecular weight excluding hydrogens is 240 g/mol. The zero-order valence-corrected chi connectivity index (χ0v) is 11.2. The maximum absolute atomic E-state index is 11.5. The fraction of sp³-hybridized carbons (Fsp3) is 0.286. The summed E-state index contributed by atoms with van der Waals surface area (Å²) < 4.78 is 1.77. The number of anilines is 1. The number of hydrogen-bond acceptors (Lipinski definition) is 3. The minimum atomic E-state index is 0.0938. The quantitative estimate of drug-likeness (QED) is 0.847. The number of carbonyl (C=O) groups excluding carboxylic acids is 1. The molecule has 1 aromatic carbocycles. The third-order valence-electron chi connectivity index (χ3n) is 2.96. The van der Waals surface area contributed by atoms with Crippen LogP contribution >= 0.6 is 0 Å². The van der Waals surface area contributed by atoms with Crippen LogP contribution in [0, 0.1) is 0 Å². The molecule has 0 saturated carbocycles. The van der Waals surface area contributed by atoms with Crippen LogP contribution in [0.2, 0.25) is 0 Å². The lowest BCUT2D eigenvalue weighted by Crippen LogP contribution is -2.22. The van der Waals surface area contributed by atoms with Crippen molar-refractivity contribution in [3.05, 3.63) is 36.7 Å². The second-order valence-corrected chi connectivity index (χ2v) is 4.62. The molecule has 1 heterocycles. The summed E-state index contributed by atoms with van der Waals surface area (Å²) in [5, 5.41) is 4.26. The van der Waals surface area contributed by atoms with E-state index < -0.39 is 0 Å². The number of rotatable bonds is 4. The number of carbonyl (C=O) groups is 1. The maximum Gasteiger partial charge on any atom is 0.223 e. The second kappa shape index (κ2) is 5.56. The van der Waals surface area contributed by atoms with E-state index in [4.69, 9.17) is 5.73 Å². The smallest absolute Gasteiger partial charge is 0.223 e. The van der Waals surface area contributed by atoms with E-state index in [0.717, 1.165) is 16.8 Å². The number of hydrogen-bond donors (Lipinski definition) is 1. The van der Waals surface area contributed by atoms with Crippen LogP contribution in [-0.2, 0) is 11.3 Å². The molecule has 19 heavy (non-hydrogen) atoms. The summed E-state index contributed by atoms with van der Waals surface area (Å²) >= 11 is 0. The minimum absolute atomic E-state index is 0.0938. The van der Waals surface area contributed by atoms with Gasteiger partial charge in [0, 0.05) is 50.1 Å². The topological polar surface area (TPSA) is 64.2 Å². The Morgan fingerprint density at radius 2 is 2.11 bits per heavy atom. The third-order valence-corrected chi connectivity index (χ3v) is 2.96. The van der Waals surface area contributed by atoms with E-state index in [2.05, 4.69) is 5.10 Å². The molecule has 1 aromatic heterocycles. The van der Waals surface area contributed by atoms with E-state index >= 15 is 0 Å². The molecule has 5 nitrogen and oxygen atoms in total. The Hall–Kier alpha value is -2.30. The molecule has 0 bridgehead atoms. The standard InChI is InChI=1S/C14H18N4O/c1-17(2)14(19)7-8-18-10-11(9-16-18)12-5-3-4-6-13(12)15/h3-6,9-10H,7-8,15H2,1-2H3. The van der Waals surface area contributed by atoms with Crippen LogP contribution in [0.15, 0.2) is 36.7 Å². The van der Waals surface area contributed by atoms with Gasteiger partial charge in [0.1, 0.15) is 0 Å². The zero-order valence-electron chi connectivity index (χ0n) is 11.2. The normalized spacial score (nSPS) is 10.4. The summed E-state index contributed by atoms with van der Waals surface area (Å²) in [6.45, 7) is 0.573. The second-order valence-electron chi connectivity index (χ2n) is 4.62. The predicted octanol–water partition coefficient (Wildman–Crippen LogP) is 1.61. The summed E-state index contributed by atoms with van der Waals surface area (Å²) in [5.41, 5.74) is 8.59. The number of aromatic nitrogens is 2. The van der Waals surface area contributed by atoms with Gasteiger partial charge in [-0.1, -0.05) is 18.2 Å². The largest absolute Gasteiger partial charge is 0.398 e. The van der Waals surface area contributed by atoms with E-state index in [9.17, 15) is 4.79 Å². The molecule has 2 aromatic rings. The summed E-state index contributed by atoms with van der Waals surface area (Å²) in [6, 6.07) is 7.67. The first-order valence-corrected chi connectivity index (χ1v) is 6.15. The van der Waals surface area contributed by atoms with E-state index in [1.54, 1.807) is 29.9 Å². The summed E-state index contributed by atoms with van der Waals surface area (Å²) in [4.78, 5) is 13.1. The third kappa shape index (κ3) is 3.13. The van der Waals surface area contributed by atoms with Crippen LogP contribution in [0.25, 0.3) is 11.1 Å². The first kappa shape index (κ1) is 13.1. The van der Waals surface area contributed by atoms with Crippen LogP contribution in [0.5, 0.6) is 0 Å². The lowest BCUT2D eigenvalue weighted by Gasteiger charge is -2.09. The summed E-state index contributed by atoms with van der Waals surface area (Å²) in [6.07, 6.45) is 4.12. The maximum atomic E-state index is 11.5. The van der Waals surface area contributed by atoms with Gasteiger partial charge in [-0.15, -0.1) is 0 Å². The average Bonchev–Trinajstić information content (AvgIpc) is 2.85. The number of amides is 1. The number of nitrogens with two attached hydrogens (primary N) is 1. The van der Waals surface area contributed by atoms with E-state index in [1.165, 1.54) is 0 Å². The van der Waals surface area contributed by atoms with E-state index in [0.29, 0.717) is 13.0 Å². The highest BCUT2D eigenvalue weighted by atomic mass is 16.2. The highest BCUT2D eigenvalue weighted by molar-refractivity contribution is 5.76. The highest BCUT2D eigenvalue weighted by Crippen LogP contribution is 2.24. The molecule has 0 spiro atoms. The molecular formula is C14H18N4O. The number of nitrogens with zero attached hydrogens (tertiary/aromatic N) is 3. The molecule has 0 atom stereocenters. The average molecular weight is 258 g/mol. The summed E-state index contributed by atoms with van der Waals surface area (Å²) in [7, 11) is 3.50. The number of benzene rings is 1. The fourth-order valence-corrected chi connectivity index (χ4v) is 1.82. The van der Waals surface area contributed by atoms with Gasteiger partial charge in [0.05, 0.1) is 6.20 Å². The van der Waals surface area contributed by atoms with Gasteiger partial charge in [-0.2, -0.15) is 5.10 Å². The monoisotopic (exact) mass is 258 g/mol. The van der Waals surface area contributed by atoms with Crippen molar-refractivity contribution in [3.63, 3.8) is 0 Å². The van der Waals surface area contributed by atoms with Gasteiger partial charge in [0.25, 0.3) is 0 Å². The Morgan fingerprint density at radius 1 is 1.37 bits per heavy atom. The molecule has 0 aliphatic carbocycles. The number of aryl methyl sites for hydroxylation is 1. The van der Waals surface area contributed by atoms with Crippen molar-refractivity contribution >= 4 is 11.6 Å². The SMILES string of the molecule is CN(C)C(=O)CCn1cc(-c2ccccc2N)cn1. The lowest BCUT2D eigenvalue weighted by molar-refractivity contribution is -0.128. The van der Waals surface area contributed by atoms with Gasteiger partial charge in [-0.3, -0.25) is 9.48 Å². The van der Waals surface area contributed by atoms with Crippen molar-refractivity contribution in [2.24, 2.45) is 0 Å². The number of nitrogen functional groups attached to an aromatic ring is 1. The Balaban J connectivity index is 2.08. The molecule has 0 saturated heterocycles. The molecule has 1 amide bonds. The molecule has 0 aliphatic rings. The predicted molar refractivity (Wildman–Crippen MR) is 75.4 cm³/mol. The van der Waals surface area contributed by atoms with Crippen molar-refractivity contribution in [2.75, 3.05) is 19.8 Å². The molecule has 0 fully saturated rings. The van der Waals surface area contributed by atoms with Gasteiger partial charge in [0.15, 0.2) is 0 Å². The van der Waals surface area contributed by atoms with Crippen LogP contribution in [0.1, 0.15) is 6.42 Å². The van der Waals surface area contributed by atoms with E-state index in [-0.39, 0.29) is 5.91 Å². The highest BCUT2D eigenvalue weighted by Gasteiger charge is 2.07. The molecule has 0 aliphatic heterocycles. The van der Waals surface area contributed by atoms with Gasteiger partial charge in [0.2, 0.25) is 5.91 Å². The zero-order chi connectivity index (χ0) is 13.8. The number of para-hydroxylation sites is 1.